The lowest BCUT2D eigenvalue weighted by atomic mass is 10.0. The number of carbonyl (C=O) groups excluding carboxylic acids is 1. The van der Waals surface area contributed by atoms with Crippen molar-refractivity contribution in [3.8, 4) is 0 Å². The summed E-state index contributed by atoms with van der Waals surface area (Å²) in [5.74, 6) is 1.08. The van der Waals surface area contributed by atoms with Gasteiger partial charge in [-0.2, -0.15) is 0 Å². The number of hydrogen-bond acceptors (Lipinski definition) is 2. The highest BCUT2D eigenvalue weighted by atomic mass is 35.5. The van der Waals surface area contributed by atoms with E-state index in [2.05, 4.69) is 25.2 Å². The second-order valence-corrected chi connectivity index (χ2v) is 7.44. The fourth-order valence-electron chi connectivity index (χ4n) is 2.71. The highest BCUT2D eigenvalue weighted by Gasteiger charge is 2.20. The minimum absolute atomic E-state index is 0.0758. The summed E-state index contributed by atoms with van der Waals surface area (Å²) in [6, 6.07) is 2.28. The van der Waals surface area contributed by atoms with Crippen molar-refractivity contribution < 1.29 is 4.79 Å². The van der Waals surface area contributed by atoms with Gasteiger partial charge in [0.1, 0.15) is 0 Å². The average molecular weight is 314 g/mol. The fraction of sp³-hybridized carbons (Fsp3) is 0.688. The molecule has 0 saturated heterocycles. The molecule has 1 aromatic heterocycles. The minimum atomic E-state index is 0.0758. The molecule has 1 aliphatic rings. The number of aryl methyl sites for hydroxylation is 2. The lowest BCUT2D eigenvalue weighted by molar-refractivity contribution is 0.0929. The molecule has 1 aliphatic carbocycles. The zero-order chi connectivity index (χ0) is 14.5. The van der Waals surface area contributed by atoms with Crippen molar-refractivity contribution in [3.63, 3.8) is 0 Å². The van der Waals surface area contributed by atoms with Gasteiger partial charge in [0, 0.05) is 16.8 Å². The van der Waals surface area contributed by atoms with Crippen molar-refractivity contribution in [2.45, 2.75) is 58.4 Å². The van der Waals surface area contributed by atoms with Crippen LogP contribution in [0.1, 0.15) is 59.6 Å². The van der Waals surface area contributed by atoms with Crippen molar-refractivity contribution in [1.29, 1.82) is 0 Å². The topological polar surface area (TPSA) is 29.1 Å². The van der Waals surface area contributed by atoms with Gasteiger partial charge < -0.3 is 5.32 Å². The van der Waals surface area contributed by atoms with E-state index in [9.17, 15) is 4.79 Å². The maximum atomic E-state index is 12.4. The summed E-state index contributed by atoms with van der Waals surface area (Å²) in [6.07, 6.45) is 6.93. The zero-order valence-electron chi connectivity index (χ0n) is 12.4. The number of nitrogens with one attached hydrogen (secondary N) is 1. The molecular weight excluding hydrogens is 290 g/mol. The molecule has 0 aliphatic heterocycles. The van der Waals surface area contributed by atoms with Crippen LogP contribution in [0.3, 0.4) is 0 Å². The molecule has 0 bridgehead atoms. The summed E-state index contributed by atoms with van der Waals surface area (Å²) in [4.78, 5) is 14.7. The van der Waals surface area contributed by atoms with Crippen molar-refractivity contribution in [3.05, 3.63) is 21.4 Å². The van der Waals surface area contributed by atoms with E-state index in [0.29, 0.717) is 11.8 Å². The number of rotatable bonds is 5. The van der Waals surface area contributed by atoms with E-state index >= 15 is 0 Å². The molecule has 0 spiro atoms. The molecule has 1 unspecified atom stereocenters. The van der Waals surface area contributed by atoms with Crippen LogP contribution in [-0.2, 0) is 12.8 Å². The molecular formula is C16H24ClNOS. The highest BCUT2D eigenvalue weighted by Crippen LogP contribution is 2.29. The molecule has 2 nitrogen and oxygen atoms in total. The molecule has 1 N–H and O–H groups in total. The number of amides is 1. The number of halogens is 1. The lowest BCUT2D eigenvalue weighted by Gasteiger charge is -2.21. The Labute approximate surface area is 130 Å². The van der Waals surface area contributed by atoms with Crippen LogP contribution in [0.4, 0.5) is 0 Å². The van der Waals surface area contributed by atoms with E-state index in [1.165, 1.54) is 29.7 Å². The summed E-state index contributed by atoms with van der Waals surface area (Å²) < 4.78 is 0. The Morgan fingerprint density at radius 2 is 2.10 bits per heavy atom. The number of alkyl halides is 1. The molecule has 1 heterocycles. The Morgan fingerprint density at radius 3 is 2.80 bits per heavy atom. The van der Waals surface area contributed by atoms with Crippen LogP contribution in [0.15, 0.2) is 6.07 Å². The first kappa shape index (κ1) is 15.8. The SMILES string of the molecule is CC(C)C(CCCl)NC(=O)c1cc2c(s1)CCCCC2. The molecule has 1 aromatic rings. The maximum Gasteiger partial charge on any atom is 0.261 e. The van der Waals surface area contributed by atoms with E-state index in [1.54, 1.807) is 11.3 Å². The molecule has 112 valence electrons. The van der Waals surface area contributed by atoms with Gasteiger partial charge >= 0.3 is 0 Å². The monoisotopic (exact) mass is 313 g/mol. The van der Waals surface area contributed by atoms with Crippen LogP contribution in [0.25, 0.3) is 0 Å². The second-order valence-electron chi connectivity index (χ2n) is 5.92. The molecule has 1 atom stereocenters. The summed E-state index contributed by atoms with van der Waals surface area (Å²) in [5, 5.41) is 3.15. The fourth-order valence-corrected chi connectivity index (χ4v) is 4.10. The first-order chi connectivity index (χ1) is 9.61. The van der Waals surface area contributed by atoms with Crippen LogP contribution in [0.5, 0.6) is 0 Å². The number of carbonyl (C=O) groups is 1. The Morgan fingerprint density at radius 1 is 1.35 bits per heavy atom. The van der Waals surface area contributed by atoms with E-state index < -0.39 is 0 Å². The van der Waals surface area contributed by atoms with Crippen LogP contribution in [0.2, 0.25) is 0 Å². The maximum absolute atomic E-state index is 12.4. The molecule has 0 aromatic carbocycles. The van der Waals surface area contributed by atoms with Crippen LogP contribution in [0, 0.1) is 5.92 Å². The van der Waals surface area contributed by atoms with Gasteiger partial charge in [0.25, 0.3) is 5.91 Å². The summed E-state index contributed by atoms with van der Waals surface area (Å²) in [5.41, 5.74) is 1.40. The van der Waals surface area contributed by atoms with E-state index in [4.69, 9.17) is 11.6 Å². The van der Waals surface area contributed by atoms with Gasteiger partial charge in [-0.05, 0) is 49.7 Å². The molecule has 20 heavy (non-hydrogen) atoms. The van der Waals surface area contributed by atoms with Crippen LogP contribution < -0.4 is 5.32 Å². The Kier molecular flexibility index (Phi) is 5.91. The van der Waals surface area contributed by atoms with Gasteiger partial charge in [0.2, 0.25) is 0 Å². The molecule has 1 amide bonds. The predicted molar refractivity (Wildman–Crippen MR) is 87.0 cm³/mol. The summed E-state index contributed by atoms with van der Waals surface area (Å²) in [6.45, 7) is 4.25. The largest absolute Gasteiger partial charge is 0.348 e. The number of hydrogen-bond donors (Lipinski definition) is 1. The predicted octanol–water partition coefficient (Wildman–Crippen LogP) is 4.40. The molecule has 0 radical (unpaired) electrons. The van der Waals surface area contributed by atoms with Crippen molar-refractivity contribution in [2.24, 2.45) is 5.92 Å². The summed E-state index contributed by atoms with van der Waals surface area (Å²) in [7, 11) is 0. The zero-order valence-corrected chi connectivity index (χ0v) is 13.9. The Balaban J connectivity index is 2.05. The third-order valence-corrected chi connectivity index (χ3v) is 5.47. The van der Waals surface area contributed by atoms with Crippen LogP contribution in [-0.4, -0.2) is 17.8 Å². The van der Waals surface area contributed by atoms with Crippen molar-refractivity contribution >= 4 is 28.8 Å². The lowest BCUT2D eigenvalue weighted by Crippen LogP contribution is -2.38. The first-order valence-corrected chi connectivity index (χ1v) is 8.95. The average Bonchev–Trinajstić information content (AvgIpc) is 2.69. The smallest absolute Gasteiger partial charge is 0.261 e. The normalized spacial score (nSPS) is 16.6. The van der Waals surface area contributed by atoms with Crippen LogP contribution >= 0.6 is 22.9 Å². The van der Waals surface area contributed by atoms with E-state index in [-0.39, 0.29) is 11.9 Å². The second kappa shape index (κ2) is 7.46. The first-order valence-electron chi connectivity index (χ1n) is 7.60. The Bertz CT molecular complexity index is 432. The quantitative estimate of drug-likeness (QED) is 0.633. The third-order valence-electron chi connectivity index (χ3n) is 4.01. The van der Waals surface area contributed by atoms with Gasteiger partial charge in [-0.3, -0.25) is 4.79 Å². The van der Waals surface area contributed by atoms with Gasteiger partial charge in [-0.15, -0.1) is 22.9 Å². The molecule has 2 rings (SSSR count). The minimum Gasteiger partial charge on any atom is -0.348 e. The van der Waals surface area contributed by atoms with Crippen molar-refractivity contribution in [2.75, 3.05) is 5.88 Å². The van der Waals surface area contributed by atoms with Crippen molar-refractivity contribution in [1.82, 2.24) is 5.32 Å². The highest BCUT2D eigenvalue weighted by molar-refractivity contribution is 7.14. The molecule has 0 fully saturated rings. The van der Waals surface area contributed by atoms with E-state index in [0.717, 1.165) is 24.1 Å². The van der Waals surface area contributed by atoms with Gasteiger partial charge in [-0.1, -0.05) is 20.3 Å². The Hall–Kier alpha value is -0.540. The summed E-state index contributed by atoms with van der Waals surface area (Å²) >= 11 is 7.51. The van der Waals surface area contributed by atoms with Gasteiger partial charge in [-0.25, -0.2) is 0 Å². The number of fused-ring (bicyclic) bond motifs is 1. The number of thiophene rings is 1. The van der Waals surface area contributed by atoms with Gasteiger partial charge in [0.05, 0.1) is 4.88 Å². The van der Waals surface area contributed by atoms with E-state index in [1.807, 2.05) is 0 Å². The molecule has 4 heteroatoms. The molecule has 0 saturated carbocycles. The van der Waals surface area contributed by atoms with Gasteiger partial charge in [0.15, 0.2) is 0 Å². The standard InChI is InChI=1S/C16H24ClNOS/c1-11(2)13(8-9-17)18-16(19)15-10-12-6-4-3-5-7-14(12)20-15/h10-11,13H,3-9H2,1-2H3,(H,18,19). The third kappa shape index (κ3) is 3.98.